The molecule has 158 valence electrons. The lowest BCUT2D eigenvalue weighted by molar-refractivity contribution is -0.894. The van der Waals surface area contributed by atoms with Crippen LogP contribution < -0.4 is 19.5 Å². The lowest BCUT2D eigenvalue weighted by Crippen LogP contribution is -3.07. The van der Waals surface area contributed by atoms with E-state index in [2.05, 4.69) is 6.92 Å². The van der Waals surface area contributed by atoms with Crippen molar-refractivity contribution in [2.75, 3.05) is 20.4 Å². The molecule has 0 aromatic heterocycles. The van der Waals surface area contributed by atoms with Crippen molar-refractivity contribution in [1.29, 1.82) is 0 Å². The Labute approximate surface area is 180 Å². The quantitative estimate of drug-likeness (QED) is 0.715. The van der Waals surface area contributed by atoms with Gasteiger partial charge in [0.2, 0.25) is 5.78 Å². The van der Waals surface area contributed by atoms with Gasteiger partial charge in [-0.15, -0.1) is 0 Å². The van der Waals surface area contributed by atoms with Crippen LogP contribution in [0.25, 0.3) is 6.08 Å². The number of allylic oxidation sites excluding steroid dienone is 1. The Bertz CT molecular complexity index is 1020. The molecule has 2 aromatic rings. The molecular formula is C23H24ClNO5. The molecule has 0 bridgehead atoms. The summed E-state index contributed by atoms with van der Waals surface area (Å²) in [6.07, 6.45) is 3.79. The third-order valence-corrected chi connectivity index (χ3v) is 5.54. The number of hydrogen-bond acceptors (Lipinski definition) is 5. The van der Waals surface area contributed by atoms with E-state index in [1.165, 1.54) is 11.0 Å². The first-order chi connectivity index (χ1) is 14.5. The van der Waals surface area contributed by atoms with Crippen LogP contribution in [0, 0.1) is 0 Å². The average Bonchev–Trinajstić information content (AvgIpc) is 3.04. The van der Waals surface area contributed by atoms with Gasteiger partial charge in [-0.05, 0) is 30.7 Å². The molecule has 30 heavy (non-hydrogen) atoms. The number of rotatable bonds is 6. The molecule has 0 spiro atoms. The summed E-state index contributed by atoms with van der Waals surface area (Å²) in [5.74, 6) is 0.786. The minimum absolute atomic E-state index is 0.112. The minimum atomic E-state index is -0.252. The molecule has 2 aliphatic heterocycles. The molecule has 0 aliphatic carbocycles. The van der Waals surface area contributed by atoms with Gasteiger partial charge in [0.1, 0.15) is 18.0 Å². The Kier molecular flexibility index (Phi) is 5.99. The van der Waals surface area contributed by atoms with Gasteiger partial charge in [0, 0.05) is 21.7 Å². The van der Waals surface area contributed by atoms with E-state index in [4.69, 9.17) is 25.8 Å². The molecule has 1 atom stereocenters. The minimum Gasteiger partial charge on any atom is -0.872 e. The molecule has 0 saturated heterocycles. The molecule has 4 rings (SSSR count). The zero-order chi connectivity index (χ0) is 21.3. The average molecular weight is 430 g/mol. The number of ketones is 1. The van der Waals surface area contributed by atoms with E-state index in [9.17, 15) is 9.90 Å². The molecule has 2 aliphatic rings. The number of halogens is 1. The Morgan fingerprint density at radius 3 is 2.90 bits per heavy atom. The number of unbranched alkanes of at least 4 members (excludes halogenated alkanes) is 1. The fraction of sp³-hybridized carbons (Fsp3) is 0.348. The number of carbonyl (C=O) groups excluding carboxylic acids is 1. The van der Waals surface area contributed by atoms with E-state index >= 15 is 0 Å². The highest BCUT2D eigenvalue weighted by Gasteiger charge is 2.31. The number of carbonyl (C=O) groups is 1. The van der Waals surface area contributed by atoms with Crippen molar-refractivity contribution < 1.29 is 29.0 Å². The number of nitrogens with one attached hydrogen (secondary N) is 1. The van der Waals surface area contributed by atoms with Gasteiger partial charge < -0.3 is 24.2 Å². The van der Waals surface area contributed by atoms with Gasteiger partial charge >= 0.3 is 0 Å². The molecule has 6 nitrogen and oxygen atoms in total. The van der Waals surface area contributed by atoms with E-state index in [1.54, 1.807) is 24.3 Å². The predicted octanol–water partition coefficient (Wildman–Crippen LogP) is 2.71. The van der Waals surface area contributed by atoms with Crippen LogP contribution >= 0.6 is 11.6 Å². The predicted molar refractivity (Wildman–Crippen MR) is 111 cm³/mol. The Hall–Kier alpha value is -2.54. The highest BCUT2D eigenvalue weighted by molar-refractivity contribution is 6.31. The highest BCUT2D eigenvalue weighted by atomic mass is 35.5. The van der Waals surface area contributed by atoms with Crippen molar-refractivity contribution >= 4 is 23.5 Å². The van der Waals surface area contributed by atoms with Crippen LogP contribution in [0.3, 0.4) is 0 Å². The Morgan fingerprint density at radius 1 is 1.27 bits per heavy atom. The molecule has 0 fully saturated rings. The van der Waals surface area contributed by atoms with E-state index in [1.807, 2.05) is 7.05 Å². The Morgan fingerprint density at radius 2 is 2.10 bits per heavy atom. The molecule has 0 radical (unpaired) electrons. The van der Waals surface area contributed by atoms with E-state index in [-0.39, 0.29) is 24.1 Å². The summed E-state index contributed by atoms with van der Waals surface area (Å²) in [5, 5.41) is 13.0. The first-order valence-electron chi connectivity index (χ1n) is 10.1. The van der Waals surface area contributed by atoms with Crippen LogP contribution in [0.15, 0.2) is 30.0 Å². The van der Waals surface area contributed by atoms with Gasteiger partial charge in [0.15, 0.2) is 12.6 Å². The van der Waals surface area contributed by atoms with Gasteiger partial charge in [0.05, 0.1) is 25.8 Å². The van der Waals surface area contributed by atoms with Crippen molar-refractivity contribution in [3.05, 3.63) is 57.3 Å². The van der Waals surface area contributed by atoms with Crippen molar-refractivity contribution in [2.24, 2.45) is 0 Å². The Balaban J connectivity index is 1.68. The fourth-order valence-corrected chi connectivity index (χ4v) is 4.03. The number of quaternary nitrogens is 1. The molecule has 2 heterocycles. The summed E-state index contributed by atoms with van der Waals surface area (Å²) >= 11 is 6.23. The van der Waals surface area contributed by atoms with Crippen LogP contribution in [0.5, 0.6) is 17.2 Å². The van der Waals surface area contributed by atoms with E-state index in [0.717, 1.165) is 24.9 Å². The molecule has 2 aromatic carbocycles. The first-order valence-corrected chi connectivity index (χ1v) is 10.5. The number of ether oxygens (including phenoxy) is 3. The van der Waals surface area contributed by atoms with Crippen LogP contribution in [-0.2, 0) is 17.9 Å². The van der Waals surface area contributed by atoms with Crippen LogP contribution in [0.4, 0.5) is 0 Å². The highest BCUT2D eigenvalue weighted by Crippen LogP contribution is 2.40. The maximum atomic E-state index is 13.0. The second kappa shape index (κ2) is 8.68. The summed E-state index contributed by atoms with van der Waals surface area (Å²) in [6.45, 7) is 4.11. The van der Waals surface area contributed by atoms with Crippen molar-refractivity contribution in [3.8, 4) is 17.2 Å². The van der Waals surface area contributed by atoms with E-state index < -0.39 is 0 Å². The molecule has 7 heteroatoms. The maximum absolute atomic E-state index is 13.0. The first kappa shape index (κ1) is 20.7. The lowest BCUT2D eigenvalue weighted by Gasteiger charge is -2.20. The summed E-state index contributed by atoms with van der Waals surface area (Å²) in [5.41, 5.74) is 2.41. The second-order valence-corrected chi connectivity index (χ2v) is 8.13. The lowest BCUT2D eigenvalue weighted by atomic mass is 10.0. The normalized spacial score (nSPS) is 17.3. The van der Waals surface area contributed by atoms with Gasteiger partial charge in [-0.25, -0.2) is 0 Å². The van der Waals surface area contributed by atoms with Crippen LogP contribution in [-0.4, -0.2) is 26.2 Å². The smallest absolute Gasteiger partial charge is 0.231 e. The molecule has 1 unspecified atom stereocenters. The molecule has 1 N–H and O–H groups in total. The topological polar surface area (TPSA) is 72.3 Å². The van der Waals surface area contributed by atoms with Crippen molar-refractivity contribution in [1.82, 2.24) is 0 Å². The second-order valence-electron chi connectivity index (χ2n) is 7.69. The zero-order valence-electron chi connectivity index (χ0n) is 17.0. The molecule has 0 amide bonds. The van der Waals surface area contributed by atoms with Gasteiger partial charge in [0.25, 0.3) is 0 Å². The third-order valence-electron chi connectivity index (χ3n) is 5.32. The molecular weight excluding hydrogens is 406 g/mol. The molecule has 0 saturated carbocycles. The SMILES string of the molecule is CCCC[NH+](C)Cc1c([O-])ccc2c1O/C(=C\c1cc(Cl)cc3c1OCOC3)C2=O. The zero-order valence-corrected chi connectivity index (χ0v) is 17.8. The summed E-state index contributed by atoms with van der Waals surface area (Å²) in [6, 6.07) is 6.50. The largest absolute Gasteiger partial charge is 0.872 e. The van der Waals surface area contributed by atoms with Crippen LogP contribution in [0.1, 0.15) is 46.8 Å². The number of fused-ring (bicyclic) bond motifs is 2. The summed E-state index contributed by atoms with van der Waals surface area (Å²) in [4.78, 5) is 14.2. The van der Waals surface area contributed by atoms with E-state index in [0.29, 0.717) is 46.4 Å². The maximum Gasteiger partial charge on any atom is 0.231 e. The fourth-order valence-electron chi connectivity index (χ4n) is 3.78. The summed E-state index contributed by atoms with van der Waals surface area (Å²) in [7, 11) is 2.04. The van der Waals surface area contributed by atoms with Gasteiger partial charge in [-0.1, -0.05) is 36.8 Å². The monoisotopic (exact) mass is 429 g/mol. The van der Waals surface area contributed by atoms with Gasteiger partial charge in [-0.2, -0.15) is 0 Å². The van der Waals surface area contributed by atoms with Gasteiger partial charge in [-0.3, -0.25) is 4.79 Å². The third kappa shape index (κ3) is 4.03. The number of Topliss-reactive ketones (excluding diaryl/α,β-unsaturated/α-hetero) is 1. The number of benzene rings is 2. The standard InChI is InChI=1S/C23H24ClNO5/c1-3-4-7-25(2)11-18-19(26)6-5-17-21(27)20(30-23(17)18)10-14-8-16(24)9-15-12-28-13-29-22(14)15/h5-6,8-10,26H,3-4,7,11-13H2,1-2H3/b20-10-. The van der Waals surface area contributed by atoms with Crippen molar-refractivity contribution in [2.45, 2.75) is 32.9 Å². The van der Waals surface area contributed by atoms with Crippen LogP contribution in [0.2, 0.25) is 5.02 Å². The number of hydrogen-bond donors (Lipinski definition) is 1. The van der Waals surface area contributed by atoms with Crippen molar-refractivity contribution in [3.63, 3.8) is 0 Å². The summed E-state index contributed by atoms with van der Waals surface area (Å²) < 4.78 is 16.9.